The number of nitrogens with zero attached hydrogens (tertiary/aromatic N) is 2. The second kappa shape index (κ2) is 8.01. The topological polar surface area (TPSA) is 46.3 Å². The van der Waals surface area contributed by atoms with E-state index in [2.05, 4.69) is 12.1 Å². The van der Waals surface area contributed by atoms with Crippen molar-refractivity contribution >= 4 is 22.4 Å². The number of anilines is 1. The molecule has 4 nitrogen and oxygen atoms in total. The molecule has 0 unspecified atom stereocenters. The van der Waals surface area contributed by atoms with E-state index < -0.39 is 0 Å². The predicted octanol–water partition coefficient (Wildman–Crippen LogP) is 5.29. The van der Waals surface area contributed by atoms with Crippen LogP contribution in [0.3, 0.4) is 0 Å². The minimum Gasteiger partial charge on any atom is -0.459 e. The van der Waals surface area contributed by atoms with Crippen LogP contribution >= 0.6 is 11.3 Å². The Morgan fingerprint density at radius 1 is 0.963 bits per heavy atom. The molecule has 0 aliphatic carbocycles. The smallest absolute Gasteiger partial charge is 0.295 e. The third-order valence-corrected chi connectivity index (χ3v) is 5.10. The fourth-order valence-corrected chi connectivity index (χ4v) is 3.69. The van der Waals surface area contributed by atoms with E-state index in [1.807, 2.05) is 53.9 Å². The first-order chi connectivity index (χ1) is 13.3. The highest BCUT2D eigenvalue weighted by Gasteiger charge is 2.23. The average molecular weight is 374 g/mol. The molecule has 0 aliphatic rings. The normalized spacial score (nSPS) is 10.7. The van der Waals surface area contributed by atoms with Gasteiger partial charge in [0.15, 0.2) is 10.9 Å². The Hall–Kier alpha value is -3.18. The van der Waals surface area contributed by atoms with E-state index in [9.17, 15) is 4.79 Å². The van der Waals surface area contributed by atoms with Crippen LogP contribution in [0.15, 0.2) is 88.9 Å². The van der Waals surface area contributed by atoms with Crippen LogP contribution in [0.1, 0.15) is 16.1 Å². The van der Waals surface area contributed by atoms with Crippen molar-refractivity contribution in [2.24, 2.45) is 0 Å². The molecule has 4 aromatic rings. The van der Waals surface area contributed by atoms with E-state index in [1.54, 1.807) is 17.0 Å². The van der Waals surface area contributed by atoms with Gasteiger partial charge in [0.1, 0.15) is 0 Å². The van der Waals surface area contributed by atoms with Crippen molar-refractivity contribution in [2.45, 2.75) is 6.42 Å². The standard InChI is InChI=1S/C22H18N2O2S/c25-21(20-12-7-15-26-20)24(14-13-17-8-3-1-4-9-17)22-23-19(16-27-22)18-10-5-2-6-11-18/h1-12,15-16H,13-14H2. The second-order valence-corrected chi connectivity index (χ2v) is 6.89. The van der Waals surface area contributed by atoms with Crippen molar-refractivity contribution < 1.29 is 9.21 Å². The molecule has 5 heteroatoms. The van der Waals surface area contributed by atoms with Crippen LogP contribution in [-0.2, 0) is 6.42 Å². The van der Waals surface area contributed by atoms with E-state index >= 15 is 0 Å². The first kappa shape index (κ1) is 17.2. The van der Waals surface area contributed by atoms with Gasteiger partial charge in [-0.3, -0.25) is 9.69 Å². The van der Waals surface area contributed by atoms with Crippen LogP contribution in [0.2, 0.25) is 0 Å². The van der Waals surface area contributed by atoms with Gasteiger partial charge >= 0.3 is 0 Å². The molecule has 4 rings (SSSR count). The third-order valence-electron chi connectivity index (χ3n) is 4.24. The van der Waals surface area contributed by atoms with Gasteiger partial charge in [0.05, 0.1) is 12.0 Å². The Bertz CT molecular complexity index is 995. The number of hydrogen-bond donors (Lipinski definition) is 0. The molecule has 2 aromatic heterocycles. The zero-order valence-corrected chi connectivity index (χ0v) is 15.4. The number of aromatic nitrogens is 1. The lowest BCUT2D eigenvalue weighted by Gasteiger charge is -2.18. The summed E-state index contributed by atoms with van der Waals surface area (Å²) in [5.74, 6) is 0.143. The van der Waals surface area contributed by atoms with E-state index in [1.165, 1.54) is 23.2 Å². The van der Waals surface area contributed by atoms with Gasteiger partial charge in [-0.25, -0.2) is 4.98 Å². The van der Waals surface area contributed by atoms with Crippen LogP contribution in [0.5, 0.6) is 0 Å². The zero-order chi connectivity index (χ0) is 18.5. The molecule has 27 heavy (non-hydrogen) atoms. The fourth-order valence-electron chi connectivity index (χ4n) is 2.83. The second-order valence-electron chi connectivity index (χ2n) is 6.05. The van der Waals surface area contributed by atoms with Crippen LogP contribution < -0.4 is 4.90 Å². The lowest BCUT2D eigenvalue weighted by molar-refractivity contribution is 0.0960. The maximum atomic E-state index is 13.0. The fraction of sp³-hybridized carbons (Fsp3) is 0.0909. The zero-order valence-electron chi connectivity index (χ0n) is 14.6. The lowest BCUT2D eigenvalue weighted by atomic mass is 10.1. The SMILES string of the molecule is O=C(c1ccco1)N(CCc1ccccc1)c1nc(-c2ccccc2)cs1. The quantitative estimate of drug-likeness (QED) is 0.460. The van der Waals surface area contributed by atoms with Crippen molar-refractivity contribution in [2.75, 3.05) is 11.4 Å². The Kier molecular flexibility index (Phi) is 5.12. The summed E-state index contributed by atoms with van der Waals surface area (Å²) in [7, 11) is 0. The summed E-state index contributed by atoms with van der Waals surface area (Å²) in [5, 5.41) is 2.65. The number of thiazole rings is 1. The molecule has 0 aliphatic heterocycles. The highest BCUT2D eigenvalue weighted by molar-refractivity contribution is 7.14. The van der Waals surface area contributed by atoms with Crippen LogP contribution in [0.25, 0.3) is 11.3 Å². The molecule has 0 spiro atoms. The Labute approximate surface area is 161 Å². The van der Waals surface area contributed by atoms with E-state index in [0.717, 1.165) is 17.7 Å². The Morgan fingerprint density at radius 2 is 1.70 bits per heavy atom. The third kappa shape index (κ3) is 3.99. The molecule has 0 saturated heterocycles. The number of amides is 1. The van der Waals surface area contributed by atoms with Gasteiger partial charge in [-0.15, -0.1) is 11.3 Å². The molecular weight excluding hydrogens is 356 g/mol. The summed E-state index contributed by atoms with van der Waals surface area (Å²) in [4.78, 5) is 19.4. The molecule has 0 bridgehead atoms. The van der Waals surface area contributed by atoms with Crippen molar-refractivity contribution in [1.82, 2.24) is 4.98 Å². The van der Waals surface area contributed by atoms with E-state index in [-0.39, 0.29) is 5.91 Å². The molecular formula is C22H18N2O2S. The van der Waals surface area contributed by atoms with Gasteiger partial charge in [0.25, 0.3) is 5.91 Å². The van der Waals surface area contributed by atoms with Gasteiger partial charge in [0, 0.05) is 17.5 Å². The molecule has 0 atom stereocenters. The van der Waals surface area contributed by atoms with Crippen molar-refractivity contribution in [1.29, 1.82) is 0 Å². The number of carbonyl (C=O) groups is 1. The number of furan rings is 1. The molecule has 2 heterocycles. The largest absolute Gasteiger partial charge is 0.459 e. The first-order valence-corrected chi connectivity index (χ1v) is 9.59. The van der Waals surface area contributed by atoms with E-state index in [4.69, 9.17) is 9.40 Å². The minimum absolute atomic E-state index is 0.176. The van der Waals surface area contributed by atoms with Gasteiger partial charge in [0.2, 0.25) is 0 Å². The summed E-state index contributed by atoms with van der Waals surface area (Å²) in [6.07, 6.45) is 2.26. The van der Waals surface area contributed by atoms with Crippen LogP contribution in [0.4, 0.5) is 5.13 Å². The predicted molar refractivity (Wildman–Crippen MR) is 108 cm³/mol. The summed E-state index contributed by atoms with van der Waals surface area (Å²) in [6.45, 7) is 0.533. The summed E-state index contributed by atoms with van der Waals surface area (Å²) in [5.41, 5.74) is 3.08. The minimum atomic E-state index is -0.176. The molecule has 0 saturated carbocycles. The molecule has 1 amide bonds. The van der Waals surface area contributed by atoms with Gasteiger partial charge in [-0.1, -0.05) is 60.7 Å². The molecule has 0 N–H and O–H groups in total. The van der Waals surface area contributed by atoms with Gasteiger partial charge < -0.3 is 4.42 Å². The van der Waals surface area contributed by atoms with Crippen LogP contribution in [0, 0.1) is 0 Å². The Balaban J connectivity index is 1.61. The maximum absolute atomic E-state index is 13.0. The lowest BCUT2D eigenvalue weighted by Crippen LogP contribution is -2.32. The van der Waals surface area contributed by atoms with Crippen molar-refractivity contribution in [3.05, 3.63) is 95.8 Å². The monoisotopic (exact) mass is 374 g/mol. The summed E-state index contributed by atoms with van der Waals surface area (Å²) >= 11 is 1.47. The highest BCUT2D eigenvalue weighted by atomic mass is 32.1. The van der Waals surface area contributed by atoms with E-state index in [0.29, 0.717) is 17.4 Å². The first-order valence-electron chi connectivity index (χ1n) is 8.71. The number of rotatable bonds is 6. The van der Waals surface area contributed by atoms with Crippen molar-refractivity contribution in [3.63, 3.8) is 0 Å². The van der Waals surface area contributed by atoms with Crippen LogP contribution in [-0.4, -0.2) is 17.4 Å². The average Bonchev–Trinajstić information content (AvgIpc) is 3.42. The number of carbonyl (C=O) groups excluding carboxylic acids is 1. The molecule has 0 fully saturated rings. The maximum Gasteiger partial charge on any atom is 0.295 e. The van der Waals surface area contributed by atoms with Crippen molar-refractivity contribution in [3.8, 4) is 11.3 Å². The molecule has 0 radical (unpaired) electrons. The van der Waals surface area contributed by atoms with Gasteiger partial charge in [-0.2, -0.15) is 0 Å². The van der Waals surface area contributed by atoms with Gasteiger partial charge in [-0.05, 0) is 24.1 Å². The molecule has 2 aromatic carbocycles. The summed E-state index contributed by atoms with van der Waals surface area (Å²) < 4.78 is 5.33. The highest BCUT2D eigenvalue weighted by Crippen LogP contribution is 2.28. The number of benzene rings is 2. The summed E-state index contributed by atoms with van der Waals surface area (Å²) in [6, 6.07) is 23.5. The number of hydrogen-bond acceptors (Lipinski definition) is 4. The Morgan fingerprint density at radius 3 is 2.41 bits per heavy atom. The molecule has 134 valence electrons.